The fourth-order valence-electron chi connectivity index (χ4n) is 2.14. The van der Waals surface area contributed by atoms with E-state index in [1.165, 1.54) is 11.8 Å². The number of hydrogen-bond donors (Lipinski definition) is 2. The highest BCUT2D eigenvalue weighted by Crippen LogP contribution is 2.17. The number of rotatable bonds is 6. The lowest BCUT2D eigenvalue weighted by Crippen LogP contribution is -2.21. The summed E-state index contributed by atoms with van der Waals surface area (Å²) in [5.74, 6) is -0.103. The normalized spacial score (nSPS) is 11.3. The van der Waals surface area contributed by atoms with E-state index in [1.54, 1.807) is 25.3 Å². The van der Waals surface area contributed by atoms with Crippen LogP contribution in [-0.4, -0.2) is 22.5 Å². The molecular formula is C19H22N4O2. The van der Waals surface area contributed by atoms with Crippen LogP contribution in [0, 0.1) is 0 Å². The third kappa shape index (κ3) is 5.84. The van der Waals surface area contributed by atoms with Crippen molar-refractivity contribution in [2.24, 2.45) is 5.10 Å². The van der Waals surface area contributed by atoms with E-state index >= 15 is 0 Å². The Morgan fingerprint density at radius 2 is 1.88 bits per heavy atom. The van der Waals surface area contributed by atoms with Gasteiger partial charge in [0.1, 0.15) is 0 Å². The van der Waals surface area contributed by atoms with Gasteiger partial charge in [-0.15, -0.1) is 0 Å². The standard InChI is InChI=1S/C19H22N4O2/c1-13(2)15-6-8-17(9-7-15)21-18(24)11-14(3)22-23-19(25)16-5-4-10-20-12-16/h4-10,12-13H,11H2,1-3H3,(H,21,24)(H,23,25)/b22-14-. The lowest BCUT2D eigenvalue weighted by molar-refractivity contribution is -0.115. The molecule has 0 aliphatic carbocycles. The van der Waals surface area contributed by atoms with E-state index in [0.717, 1.165) is 5.69 Å². The minimum absolute atomic E-state index is 0.0965. The molecule has 2 N–H and O–H groups in total. The lowest BCUT2D eigenvalue weighted by atomic mass is 10.0. The zero-order valence-corrected chi connectivity index (χ0v) is 14.6. The molecule has 1 aromatic carbocycles. The zero-order chi connectivity index (χ0) is 18.2. The van der Waals surface area contributed by atoms with Gasteiger partial charge >= 0.3 is 0 Å². The number of nitrogens with zero attached hydrogens (tertiary/aromatic N) is 2. The SMILES string of the molecule is C/C(CC(=O)Nc1ccc(C(C)C)cc1)=N/NC(=O)c1cccnc1. The van der Waals surface area contributed by atoms with Gasteiger partial charge in [-0.2, -0.15) is 5.10 Å². The first-order chi connectivity index (χ1) is 12.0. The Morgan fingerprint density at radius 3 is 2.48 bits per heavy atom. The zero-order valence-electron chi connectivity index (χ0n) is 14.6. The van der Waals surface area contributed by atoms with Gasteiger partial charge < -0.3 is 5.32 Å². The number of aromatic nitrogens is 1. The Balaban J connectivity index is 1.85. The monoisotopic (exact) mass is 338 g/mol. The van der Waals surface area contributed by atoms with E-state index in [1.807, 2.05) is 24.3 Å². The van der Waals surface area contributed by atoms with Gasteiger partial charge in [0, 0.05) is 23.8 Å². The first kappa shape index (κ1) is 18.3. The second-order valence-electron chi connectivity index (χ2n) is 6.03. The lowest BCUT2D eigenvalue weighted by Gasteiger charge is -2.08. The molecule has 2 aromatic rings. The highest BCUT2D eigenvalue weighted by molar-refractivity contribution is 6.06. The van der Waals surface area contributed by atoms with E-state index in [-0.39, 0.29) is 18.2 Å². The highest BCUT2D eigenvalue weighted by atomic mass is 16.2. The molecule has 2 rings (SSSR count). The predicted molar refractivity (Wildman–Crippen MR) is 98.6 cm³/mol. The van der Waals surface area contributed by atoms with Crippen LogP contribution in [-0.2, 0) is 4.79 Å². The average Bonchev–Trinajstić information content (AvgIpc) is 2.60. The summed E-state index contributed by atoms with van der Waals surface area (Å²) in [7, 11) is 0. The van der Waals surface area contributed by atoms with Gasteiger partial charge in [-0.3, -0.25) is 14.6 Å². The maximum absolute atomic E-state index is 12.0. The van der Waals surface area contributed by atoms with E-state index in [9.17, 15) is 9.59 Å². The number of hydrazone groups is 1. The van der Waals surface area contributed by atoms with Crippen molar-refractivity contribution >= 4 is 23.2 Å². The second-order valence-corrected chi connectivity index (χ2v) is 6.03. The highest BCUT2D eigenvalue weighted by Gasteiger charge is 2.07. The minimum Gasteiger partial charge on any atom is -0.326 e. The number of carbonyl (C=O) groups excluding carboxylic acids is 2. The van der Waals surface area contributed by atoms with Crippen molar-refractivity contribution in [1.82, 2.24) is 10.4 Å². The molecule has 0 unspecified atom stereocenters. The Labute approximate surface area is 147 Å². The molecule has 130 valence electrons. The Bertz CT molecular complexity index is 753. The number of hydrogen-bond acceptors (Lipinski definition) is 4. The molecule has 0 saturated carbocycles. The largest absolute Gasteiger partial charge is 0.326 e. The van der Waals surface area contributed by atoms with Crippen LogP contribution in [0.4, 0.5) is 5.69 Å². The summed E-state index contributed by atoms with van der Waals surface area (Å²) < 4.78 is 0. The molecule has 0 fully saturated rings. The van der Waals surface area contributed by atoms with Gasteiger partial charge in [-0.05, 0) is 42.7 Å². The Morgan fingerprint density at radius 1 is 1.16 bits per heavy atom. The first-order valence-corrected chi connectivity index (χ1v) is 8.09. The van der Waals surface area contributed by atoms with E-state index in [2.05, 4.69) is 34.7 Å². The molecule has 1 heterocycles. The van der Waals surface area contributed by atoms with Crippen LogP contribution in [0.15, 0.2) is 53.9 Å². The van der Waals surface area contributed by atoms with E-state index in [0.29, 0.717) is 17.2 Å². The topological polar surface area (TPSA) is 83.5 Å². The average molecular weight is 338 g/mol. The predicted octanol–water partition coefficient (Wildman–Crippen LogP) is 3.34. The van der Waals surface area contributed by atoms with Crippen molar-refractivity contribution in [3.63, 3.8) is 0 Å². The third-order valence-electron chi connectivity index (χ3n) is 3.55. The van der Waals surface area contributed by atoms with Crippen molar-refractivity contribution in [2.45, 2.75) is 33.1 Å². The van der Waals surface area contributed by atoms with Crippen LogP contribution >= 0.6 is 0 Å². The van der Waals surface area contributed by atoms with Crippen LogP contribution in [0.1, 0.15) is 49.0 Å². The molecule has 25 heavy (non-hydrogen) atoms. The fraction of sp³-hybridized carbons (Fsp3) is 0.263. The van der Waals surface area contributed by atoms with Gasteiger partial charge in [0.2, 0.25) is 5.91 Å². The number of nitrogens with one attached hydrogen (secondary N) is 2. The van der Waals surface area contributed by atoms with Crippen LogP contribution in [0.25, 0.3) is 0 Å². The van der Waals surface area contributed by atoms with Crippen molar-refractivity contribution in [2.75, 3.05) is 5.32 Å². The Hall–Kier alpha value is -3.02. The maximum atomic E-state index is 12.0. The summed E-state index contributed by atoms with van der Waals surface area (Å²) in [6, 6.07) is 11.1. The molecule has 0 aliphatic rings. The summed E-state index contributed by atoms with van der Waals surface area (Å²) >= 11 is 0. The smallest absolute Gasteiger partial charge is 0.272 e. The first-order valence-electron chi connectivity index (χ1n) is 8.09. The van der Waals surface area contributed by atoms with Gasteiger partial charge in [0.15, 0.2) is 0 Å². The van der Waals surface area contributed by atoms with Crippen LogP contribution < -0.4 is 10.7 Å². The van der Waals surface area contributed by atoms with Crippen molar-refractivity contribution in [3.8, 4) is 0 Å². The maximum Gasteiger partial charge on any atom is 0.272 e. The molecule has 2 amide bonds. The van der Waals surface area contributed by atoms with Gasteiger partial charge in [0.05, 0.1) is 12.0 Å². The number of pyridine rings is 1. The summed E-state index contributed by atoms with van der Waals surface area (Å²) in [6.45, 7) is 5.92. The van der Waals surface area contributed by atoms with Crippen LogP contribution in [0.3, 0.4) is 0 Å². The van der Waals surface area contributed by atoms with E-state index in [4.69, 9.17) is 0 Å². The molecule has 0 atom stereocenters. The molecule has 6 nitrogen and oxygen atoms in total. The summed E-state index contributed by atoms with van der Waals surface area (Å²) in [5, 5.41) is 6.76. The summed E-state index contributed by atoms with van der Waals surface area (Å²) in [6.07, 6.45) is 3.14. The molecule has 0 bridgehead atoms. The Kier molecular flexibility index (Phi) is 6.39. The van der Waals surface area contributed by atoms with Gasteiger partial charge in [0.25, 0.3) is 5.91 Å². The van der Waals surface area contributed by atoms with E-state index < -0.39 is 0 Å². The molecule has 6 heteroatoms. The van der Waals surface area contributed by atoms with Crippen molar-refractivity contribution in [1.29, 1.82) is 0 Å². The summed E-state index contributed by atoms with van der Waals surface area (Å²) in [5.41, 5.74) is 5.29. The van der Waals surface area contributed by atoms with Gasteiger partial charge in [-0.1, -0.05) is 26.0 Å². The van der Waals surface area contributed by atoms with Crippen LogP contribution in [0.2, 0.25) is 0 Å². The van der Waals surface area contributed by atoms with Crippen molar-refractivity contribution < 1.29 is 9.59 Å². The summed E-state index contributed by atoms with van der Waals surface area (Å²) in [4.78, 5) is 27.8. The van der Waals surface area contributed by atoms with Crippen LogP contribution in [0.5, 0.6) is 0 Å². The molecular weight excluding hydrogens is 316 g/mol. The third-order valence-corrected chi connectivity index (χ3v) is 3.55. The molecule has 0 aliphatic heterocycles. The fourth-order valence-corrected chi connectivity index (χ4v) is 2.14. The quantitative estimate of drug-likeness (QED) is 0.626. The minimum atomic E-state index is -0.364. The number of carbonyl (C=O) groups is 2. The molecule has 0 spiro atoms. The number of anilines is 1. The molecule has 1 aromatic heterocycles. The number of benzene rings is 1. The number of amides is 2. The van der Waals surface area contributed by atoms with Gasteiger partial charge in [-0.25, -0.2) is 5.43 Å². The molecule has 0 radical (unpaired) electrons. The molecule has 0 saturated heterocycles. The van der Waals surface area contributed by atoms with Crippen molar-refractivity contribution in [3.05, 3.63) is 59.9 Å². The second kappa shape index (κ2) is 8.73.